The average Bonchev–Trinajstić information content (AvgIpc) is 2.19. The van der Waals surface area contributed by atoms with Crippen LogP contribution in [0, 0.1) is 0 Å². The van der Waals surface area contributed by atoms with Gasteiger partial charge in [-0.25, -0.2) is 0 Å². The van der Waals surface area contributed by atoms with Crippen molar-refractivity contribution in [2.75, 3.05) is 12.3 Å². The lowest BCUT2D eigenvalue weighted by Gasteiger charge is -2.24. The number of thioether (sulfide) groups is 1. The molecule has 1 fully saturated rings. The van der Waals surface area contributed by atoms with Crippen LogP contribution in [0.2, 0.25) is 10.0 Å². The first kappa shape index (κ1) is 10.6. The van der Waals surface area contributed by atoms with E-state index in [4.69, 9.17) is 23.2 Å². The van der Waals surface area contributed by atoms with Crippen molar-refractivity contribution >= 4 is 35.0 Å². The Morgan fingerprint density at radius 2 is 2.00 bits per heavy atom. The van der Waals surface area contributed by atoms with Gasteiger partial charge in [-0.3, -0.25) is 0 Å². The molecule has 1 atom stereocenters. The first-order chi connectivity index (χ1) is 6.79. The van der Waals surface area contributed by atoms with Gasteiger partial charge in [-0.15, -0.1) is 11.8 Å². The lowest BCUT2D eigenvalue weighted by molar-refractivity contribution is 0.643. The molecule has 1 aliphatic rings. The Kier molecular flexibility index (Phi) is 3.61. The molecule has 1 nitrogen and oxygen atoms in total. The molecule has 0 amide bonds. The summed E-state index contributed by atoms with van der Waals surface area (Å²) in [5.74, 6) is 1.17. The summed E-state index contributed by atoms with van der Waals surface area (Å²) < 4.78 is 0. The molecule has 1 aromatic carbocycles. The van der Waals surface area contributed by atoms with Gasteiger partial charge < -0.3 is 5.32 Å². The number of halogens is 2. The first-order valence-corrected chi connectivity index (χ1v) is 6.38. The monoisotopic (exact) mass is 247 g/mol. The number of rotatable bonds is 1. The second-order valence-electron chi connectivity index (χ2n) is 3.19. The van der Waals surface area contributed by atoms with E-state index < -0.39 is 0 Å². The molecule has 1 aliphatic heterocycles. The van der Waals surface area contributed by atoms with Gasteiger partial charge in [0.1, 0.15) is 0 Å². The van der Waals surface area contributed by atoms with Gasteiger partial charge in [-0.1, -0.05) is 29.3 Å². The maximum absolute atomic E-state index is 6.13. The largest absolute Gasteiger partial charge is 0.302 e. The Bertz CT molecular complexity index is 304. The maximum atomic E-state index is 6.13. The van der Waals surface area contributed by atoms with E-state index in [-0.39, 0.29) is 5.37 Å². The molecular weight excluding hydrogens is 237 g/mol. The Labute approximate surface area is 98.2 Å². The molecule has 0 spiro atoms. The molecular formula is C10H11Cl2NS. The summed E-state index contributed by atoms with van der Waals surface area (Å²) in [5.41, 5.74) is 1.03. The molecule has 0 bridgehead atoms. The Balaban J connectivity index is 2.29. The minimum absolute atomic E-state index is 0.255. The van der Waals surface area contributed by atoms with Crippen molar-refractivity contribution in [1.82, 2.24) is 5.32 Å². The van der Waals surface area contributed by atoms with Crippen LogP contribution in [0.3, 0.4) is 0 Å². The fourth-order valence-corrected chi connectivity index (χ4v) is 3.46. The summed E-state index contributed by atoms with van der Waals surface area (Å²) in [7, 11) is 0. The van der Waals surface area contributed by atoms with E-state index >= 15 is 0 Å². The zero-order valence-corrected chi connectivity index (χ0v) is 9.92. The Morgan fingerprint density at radius 3 is 2.57 bits per heavy atom. The molecule has 1 unspecified atom stereocenters. The van der Waals surface area contributed by atoms with Crippen LogP contribution in [0.5, 0.6) is 0 Å². The van der Waals surface area contributed by atoms with Crippen LogP contribution in [0.1, 0.15) is 17.4 Å². The van der Waals surface area contributed by atoms with Crippen molar-refractivity contribution in [3.63, 3.8) is 0 Å². The van der Waals surface area contributed by atoms with E-state index in [1.54, 1.807) is 0 Å². The normalized spacial score (nSPS) is 22.3. The highest BCUT2D eigenvalue weighted by Gasteiger charge is 2.20. The van der Waals surface area contributed by atoms with E-state index in [1.165, 1.54) is 12.2 Å². The first-order valence-electron chi connectivity index (χ1n) is 4.58. The third kappa shape index (κ3) is 2.19. The summed E-state index contributed by atoms with van der Waals surface area (Å²) >= 11 is 14.1. The van der Waals surface area contributed by atoms with Crippen molar-refractivity contribution in [3.8, 4) is 0 Å². The molecule has 0 aromatic heterocycles. The van der Waals surface area contributed by atoms with Crippen LogP contribution >= 0.6 is 35.0 Å². The predicted molar refractivity (Wildman–Crippen MR) is 64.3 cm³/mol. The van der Waals surface area contributed by atoms with Gasteiger partial charge in [0.2, 0.25) is 0 Å². The van der Waals surface area contributed by atoms with Gasteiger partial charge in [-0.05, 0) is 30.9 Å². The molecule has 1 N–H and O–H groups in total. The van der Waals surface area contributed by atoms with Crippen molar-refractivity contribution in [2.45, 2.75) is 11.8 Å². The highest BCUT2D eigenvalue weighted by atomic mass is 35.5. The van der Waals surface area contributed by atoms with Crippen molar-refractivity contribution in [2.24, 2.45) is 0 Å². The summed E-state index contributed by atoms with van der Waals surface area (Å²) in [6.45, 7) is 1.04. The van der Waals surface area contributed by atoms with E-state index in [2.05, 4.69) is 5.32 Å². The number of benzene rings is 1. The van der Waals surface area contributed by atoms with E-state index in [1.807, 2.05) is 30.0 Å². The fraction of sp³-hybridized carbons (Fsp3) is 0.400. The standard InChI is InChI=1S/C10H11Cl2NS/c11-7-3-1-4-8(12)9(7)10-13-5-2-6-14-10/h1,3-4,10,13H,2,5-6H2. The molecule has 0 saturated carbocycles. The van der Waals surface area contributed by atoms with Crippen LogP contribution in [0.15, 0.2) is 18.2 Å². The second-order valence-corrected chi connectivity index (χ2v) is 5.22. The van der Waals surface area contributed by atoms with Crippen LogP contribution in [-0.4, -0.2) is 12.3 Å². The second kappa shape index (κ2) is 4.75. The summed E-state index contributed by atoms with van der Waals surface area (Å²) in [6.07, 6.45) is 1.21. The van der Waals surface area contributed by atoms with Crippen LogP contribution in [0.25, 0.3) is 0 Å². The van der Waals surface area contributed by atoms with Gasteiger partial charge >= 0.3 is 0 Å². The smallest absolute Gasteiger partial charge is 0.0818 e. The zero-order chi connectivity index (χ0) is 9.97. The molecule has 76 valence electrons. The molecule has 1 saturated heterocycles. The zero-order valence-electron chi connectivity index (χ0n) is 7.59. The Hall–Kier alpha value is 0.110. The molecule has 0 radical (unpaired) electrons. The average molecular weight is 248 g/mol. The SMILES string of the molecule is Clc1cccc(Cl)c1C1NCCCS1. The fourth-order valence-electron chi connectivity index (χ4n) is 1.51. The van der Waals surface area contributed by atoms with Gasteiger partial charge in [0.15, 0.2) is 0 Å². The van der Waals surface area contributed by atoms with Crippen LogP contribution in [-0.2, 0) is 0 Å². The molecule has 1 aromatic rings. The van der Waals surface area contributed by atoms with Gasteiger partial charge in [0.05, 0.1) is 5.37 Å². The van der Waals surface area contributed by atoms with Crippen molar-refractivity contribution < 1.29 is 0 Å². The van der Waals surface area contributed by atoms with Gasteiger partial charge in [0, 0.05) is 15.6 Å². The highest BCUT2D eigenvalue weighted by Crippen LogP contribution is 2.37. The lowest BCUT2D eigenvalue weighted by atomic mass is 10.2. The number of hydrogen-bond acceptors (Lipinski definition) is 2. The number of hydrogen-bond donors (Lipinski definition) is 1. The summed E-state index contributed by atoms with van der Waals surface area (Å²) in [5, 5.41) is 5.17. The third-order valence-corrected chi connectivity index (χ3v) is 4.12. The molecule has 4 heteroatoms. The summed E-state index contributed by atoms with van der Waals surface area (Å²) in [6, 6.07) is 5.65. The number of nitrogens with one attached hydrogen (secondary N) is 1. The maximum Gasteiger partial charge on any atom is 0.0818 e. The van der Waals surface area contributed by atoms with Crippen molar-refractivity contribution in [1.29, 1.82) is 0 Å². The molecule has 1 heterocycles. The topological polar surface area (TPSA) is 12.0 Å². The minimum atomic E-state index is 0.255. The third-order valence-electron chi connectivity index (χ3n) is 2.20. The molecule has 14 heavy (non-hydrogen) atoms. The molecule has 2 rings (SSSR count). The summed E-state index contributed by atoms with van der Waals surface area (Å²) in [4.78, 5) is 0. The minimum Gasteiger partial charge on any atom is -0.302 e. The van der Waals surface area contributed by atoms with Crippen LogP contribution < -0.4 is 5.32 Å². The lowest BCUT2D eigenvalue weighted by Crippen LogP contribution is -2.25. The van der Waals surface area contributed by atoms with Gasteiger partial charge in [0.25, 0.3) is 0 Å². The highest BCUT2D eigenvalue weighted by molar-refractivity contribution is 7.99. The predicted octanol–water partition coefficient (Wildman–Crippen LogP) is 3.72. The van der Waals surface area contributed by atoms with Crippen molar-refractivity contribution in [3.05, 3.63) is 33.8 Å². The van der Waals surface area contributed by atoms with Gasteiger partial charge in [-0.2, -0.15) is 0 Å². The quantitative estimate of drug-likeness (QED) is 0.812. The van der Waals surface area contributed by atoms with E-state index in [0.29, 0.717) is 0 Å². The Morgan fingerprint density at radius 1 is 1.29 bits per heavy atom. The van der Waals surface area contributed by atoms with E-state index in [9.17, 15) is 0 Å². The molecule has 0 aliphatic carbocycles. The van der Waals surface area contributed by atoms with E-state index in [0.717, 1.165) is 22.2 Å². The van der Waals surface area contributed by atoms with Crippen LogP contribution in [0.4, 0.5) is 0 Å².